The number of hydrogen-bond donors (Lipinski definition) is 1. The first-order valence-corrected chi connectivity index (χ1v) is 5.74. The Morgan fingerprint density at radius 1 is 1.53 bits per heavy atom. The molecule has 0 amide bonds. The summed E-state index contributed by atoms with van der Waals surface area (Å²) in [5.74, 6) is 0. The third-order valence-corrected chi connectivity index (χ3v) is 2.89. The Morgan fingerprint density at radius 2 is 2.47 bits per heavy atom. The van der Waals surface area contributed by atoms with Crippen LogP contribution in [-0.4, -0.2) is 24.7 Å². The highest BCUT2D eigenvalue weighted by atomic mass is 79.9. The zero-order valence-corrected chi connectivity index (χ0v) is 9.96. The van der Waals surface area contributed by atoms with E-state index in [0.29, 0.717) is 0 Å². The van der Waals surface area contributed by atoms with E-state index in [1.165, 1.54) is 5.57 Å². The molecule has 2 heterocycles. The van der Waals surface area contributed by atoms with E-state index in [0.717, 1.165) is 36.3 Å². The van der Waals surface area contributed by atoms with Gasteiger partial charge in [-0.15, -0.1) is 0 Å². The van der Waals surface area contributed by atoms with Gasteiger partial charge >= 0.3 is 0 Å². The summed E-state index contributed by atoms with van der Waals surface area (Å²) in [7, 11) is 0. The fraction of sp³-hybridized carbons (Fsp3) is 0.364. The van der Waals surface area contributed by atoms with Crippen molar-refractivity contribution in [2.75, 3.05) is 25.1 Å². The number of nitrogens with one attached hydrogen (secondary N) is 1. The Morgan fingerprint density at radius 3 is 3.20 bits per heavy atom. The van der Waals surface area contributed by atoms with E-state index in [9.17, 15) is 0 Å². The molecule has 80 valence electrons. The number of nitrogens with zero attached hydrogens (tertiary/aromatic N) is 1. The van der Waals surface area contributed by atoms with Gasteiger partial charge < -0.3 is 10.1 Å². The summed E-state index contributed by atoms with van der Waals surface area (Å²) in [6.07, 6.45) is 6.83. The molecule has 1 aliphatic heterocycles. The molecule has 15 heavy (non-hydrogen) atoms. The van der Waals surface area contributed by atoms with Crippen LogP contribution >= 0.6 is 15.9 Å². The number of pyridine rings is 1. The normalized spacial score (nSPS) is 15.9. The number of aromatic nitrogens is 1. The zero-order chi connectivity index (χ0) is 10.5. The minimum atomic E-state index is 0.746. The smallest absolute Gasteiger partial charge is 0.0693 e. The minimum Gasteiger partial charge on any atom is -0.380 e. The van der Waals surface area contributed by atoms with E-state index < -0.39 is 0 Å². The third-order valence-electron chi connectivity index (χ3n) is 2.26. The highest BCUT2D eigenvalue weighted by Crippen LogP contribution is 2.20. The molecule has 0 spiro atoms. The molecule has 4 heteroatoms. The molecule has 0 atom stereocenters. The van der Waals surface area contributed by atoms with E-state index in [-0.39, 0.29) is 0 Å². The topological polar surface area (TPSA) is 34.2 Å². The Labute approximate surface area is 97.7 Å². The van der Waals surface area contributed by atoms with Crippen molar-refractivity contribution in [2.24, 2.45) is 0 Å². The number of rotatable bonds is 3. The quantitative estimate of drug-likeness (QED) is 0.856. The van der Waals surface area contributed by atoms with Crippen molar-refractivity contribution in [3.63, 3.8) is 0 Å². The molecule has 1 aromatic rings. The van der Waals surface area contributed by atoms with Gasteiger partial charge in [0, 0.05) is 18.9 Å². The lowest BCUT2D eigenvalue weighted by Gasteiger charge is -2.15. The van der Waals surface area contributed by atoms with Gasteiger partial charge in [0.15, 0.2) is 0 Å². The molecule has 0 radical (unpaired) electrons. The molecule has 0 saturated carbocycles. The Bertz CT molecular complexity index is 365. The maximum atomic E-state index is 5.37. The van der Waals surface area contributed by atoms with Gasteiger partial charge in [0.2, 0.25) is 0 Å². The molecule has 0 aromatic carbocycles. The van der Waals surface area contributed by atoms with Crippen molar-refractivity contribution < 1.29 is 4.74 Å². The molecular weight excluding hydrogens is 256 g/mol. The summed E-state index contributed by atoms with van der Waals surface area (Å²) in [5.41, 5.74) is 2.38. The lowest BCUT2D eigenvalue weighted by atomic mass is 10.2. The fourth-order valence-electron chi connectivity index (χ4n) is 1.46. The first-order chi connectivity index (χ1) is 7.36. The van der Waals surface area contributed by atoms with Gasteiger partial charge in [-0.25, -0.2) is 0 Å². The van der Waals surface area contributed by atoms with E-state index in [1.54, 1.807) is 12.4 Å². The summed E-state index contributed by atoms with van der Waals surface area (Å²) in [6, 6.07) is 1.95. The second-order valence-corrected chi connectivity index (χ2v) is 4.27. The van der Waals surface area contributed by atoms with E-state index >= 15 is 0 Å². The number of anilines is 1. The van der Waals surface area contributed by atoms with Crippen LogP contribution in [0.3, 0.4) is 0 Å². The largest absolute Gasteiger partial charge is 0.380 e. The summed E-state index contributed by atoms with van der Waals surface area (Å²) in [5, 5.41) is 3.35. The molecule has 3 nitrogen and oxygen atoms in total. The summed E-state index contributed by atoms with van der Waals surface area (Å²) in [4.78, 5) is 4.01. The standard InChI is InChI=1S/C11H13BrN2O/c12-10-7-13-4-3-11(10)14-6-9-2-1-5-15-8-9/h2-4,7H,1,5-6,8H2,(H,13,14). The van der Waals surface area contributed by atoms with Crippen LogP contribution < -0.4 is 5.32 Å². The molecule has 1 aliphatic rings. The number of hydrogen-bond acceptors (Lipinski definition) is 3. The maximum absolute atomic E-state index is 5.37. The van der Waals surface area contributed by atoms with Crippen LogP contribution in [0.4, 0.5) is 5.69 Å². The van der Waals surface area contributed by atoms with Crippen LogP contribution in [-0.2, 0) is 4.74 Å². The van der Waals surface area contributed by atoms with Crippen LogP contribution in [0.15, 0.2) is 34.6 Å². The predicted octanol–water partition coefficient (Wildman–Crippen LogP) is 2.60. The average Bonchev–Trinajstić information content (AvgIpc) is 2.29. The summed E-state index contributed by atoms with van der Waals surface area (Å²) >= 11 is 3.45. The highest BCUT2D eigenvalue weighted by Gasteiger charge is 2.04. The first kappa shape index (κ1) is 10.6. The van der Waals surface area contributed by atoms with Gasteiger partial charge in [-0.05, 0) is 34.0 Å². The monoisotopic (exact) mass is 268 g/mol. The summed E-state index contributed by atoms with van der Waals surface area (Å²) in [6.45, 7) is 2.43. The second kappa shape index (κ2) is 5.28. The Hall–Kier alpha value is -0.870. The van der Waals surface area contributed by atoms with Crippen LogP contribution in [0.2, 0.25) is 0 Å². The molecule has 0 aliphatic carbocycles. The molecule has 0 saturated heterocycles. The fourth-order valence-corrected chi connectivity index (χ4v) is 1.85. The van der Waals surface area contributed by atoms with Crippen molar-refractivity contribution in [3.8, 4) is 0 Å². The lowest BCUT2D eigenvalue weighted by Crippen LogP contribution is -2.14. The average molecular weight is 269 g/mol. The van der Waals surface area contributed by atoms with Crippen LogP contribution in [0.1, 0.15) is 6.42 Å². The maximum Gasteiger partial charge on any atom is 0.0693 e. The van der Waals surface area contributed by atoms with E-state index in [4.69, 9.17) is 4.74 Å². The van der Waals surface area contributed by atoms with Crippen LogP contribution in [0.25, 0.3) is 0 Å². The van der Waals surface area contributed by atoms with Gasteiger partial charge in [0.25, 0.3) is 0 Å². The Kier molecular flexibility index (Phi) is 3.75. The first-order valence-electron chi connectivity index (χ1n) is 4.95. The predicted molar refractivity (Wildman–Crippen MR) is 63.9 cm³/mol. The van der Waals surface area contributed by atoms with Crippen molar-refractivity contribution in [3.05, 3.63) is 34.6 Å². The second-order valence-electron chi connectivity index (χ2n) is 3.41. The molecule has 0 unspecified atom stereocenters. The molecule has 1 aromatic heterocycles. The number of halogens is 1. The van der Waals surface area contributed by atoms with Crippen molar-refractivity contribution in [2.45, 2.75) is 6.42 Å². The third kappa shape index (κ3) is 3.04. The van der Waals surface area contributed by atoms with Crippen LogP contribution in [0, 0.1) is 0 Å². The van der Waals surface area contributed by atoms with E-state index in [1.807, 2.05) is 6.07 Å². The number of ether oxygens (including phenoxy) is 1. The molecule has 0 fully saturated rings. The SMILES string of the molecule is Brc1cnccc1NCC1=CCCOC1. The van der Waals surface area contributed by atoms with Gasteiger partial charge in [0.05, 0.1) is 23.4 Å². The van der Waals surface area contributed by atoms with Gasteiger partial charge in [-0.3, -0.25) is 4.98 Å². The van der Waals surface area contributed by atoms with Gasteiger partial charge in [-0.1, -0.05) is 6.08 Å². The highest BCUT2D eigenvalue weighted by molar-refractivity contribution is 9.10. The van der Waals surface area contributed by atoms with Crippen molar-refractivity contribution in [1.29, 1.82) is 0 Å². The summed E-state index contributed by atoms with van der Waals surface area (Å²) < 4.78 is 6.36. The van der Waals surface area contributed by atoms with E-state index in [2.05, 4.69) is 32.3 Å². The Balaban J connectivity index is 1.93. The molecule has 2 rings (SSSR count). The van der Waals surface area contributed by atoms with Gasteiger partial charge in [-0.2, -0.15) is 0 Å². The zero-order valence-electron chi connectivity index (χ0n) is 8.37. The molecule has 0 bridgehead atoms. The lowest BCUT2D eigenvalue weighted by molar-refractivity contribution is 0.150. The van der Waals surface area contributed by atoms with Gasteiger partial charge in [0.1, 0.15) is 0 Å². The van der Waals surface area contributed by atoms with Crippen LogP contribution in [0.5, 0.6) is 0 Å². The molecule has 1 N–H and O–H groups in total. The molecular formula is C11H13BrN2O. The minimum absolute atomic E-state index is 0.746. The van der Waals surface area contributed by atoms with Crippen molar-refractivity contribution in [1.82, 2.24) is 4.98 Å². The van der Waals surface area contributed by atoms with Crippen molar-refractivity contribution >= 4 is 21.6 Å².